The van der Waals surface area contributed by atoms with Crippen LogP contribution in [-0.2, 0) is 4.74 Å². The van der Waals surface area contributed by atoms with E-state index in [2.05, 4.69) is 0 Å². The third-order valence-corrected chi connectivity index (χ3v) is 1.99. The molecule has 3 atom stereocenters. The summed E-state index contributed by atoms with van der Waals surface area (Å²) in [6, 6.07) is 0. The fraction of sp³-hybridized carbons (Fsp3) is 1.00. The minimum atomic E-state index is -3.33. The third kappa shape index (κ3) is 1.57. The highest BCUT2D eigenvalue weighted by Gasteiger charge is 2.51. The first-order valence-electron chi connectivity index (χ1n) is 3.80. The molecule has 0 saturated carbocycles. The van der Waals surface area contributed by atoms with Crippen molar-refractivity contribution in [2.75, 3.05) is 6.61 Å². The van der Waals surface area contributed by atoms with E-state index >= 15 is 0 Å². The molecule has 0 aromatic rings. The summed E-state index contributed by atoms with van der Waals surface area (Å²) in [4.78, 5) is 0. The van der Waals surface area contributed by atoms with Gasteiger partial charge in [0.05, 0.1) is 12.7 Å². The second kappa shape index (κ2) is 3.24. The molecule has 0 radical (unpaired) electrons. The Morgan fingerprint density at radius 3 is 2.67 bits per heavy atom. The van der Waals surface area contributed by atoms with Gasteiger partial charge in [0.1, 0.15) is 12.2 Å². The normalized spacial score (nSPS) is 41.2. The van der Waals surface area contributed by atoms with E-state index in [1.807, 2.05) is 0 Å². The van der Waals surface area contributed by atoms with Gasteiger partial charge in [-0.15, -0.1) is 0 Å². The van der Waals surface area contributed by atoms with Crippen molar-refractivity contribution in [1.29, 1.82) is 0 Å². The lowest BCUT2D eigenvalue weighted by atomic mass is 9.98. The van der Waals surface area contributed by atoms with Gasteiger partial charge in [-0.05, 0) is 6.92 Å². The lowest BCUT2D eigenvalue weighted by Crippen LogP contribution is -2.54. The first kappa shape index (κ1) is 9.83. The lowest BCUT2D eigenvalue weighted by molar-refractivity contribution is -0.254. The van der Waals surface area contributed by atoms with Gasteiger partial charge in [0.2, 0.25) is 0 Å². The van der Waals surface area contributed by atoms with Gasteiger partial charge >= 0.3 is 5.92 Å². The molecule has 3 nitrogen and oxygen atoms in total. The van der Waals surface area contributed by atoms with Crippen LogP contribution in [0, 0.1) is 0 Å². The molecule has 0 aromatic heterocycles. The molecule has 1 saturated heterocycles. The predicted molar refractivity (Wildman–Crippen MR) is 37.0 cm³/mol. The predicted octanol–water partition coefficient (Wildman–Crippen LogP) is 0.152. The van der Waals surface area contributed by atoms with Crippen LogP contribution >= 0.6 is 0 Å². The average Bonchev–Trinajstić information content (AvgIpc) is 1.97. The summed E-state index contributed by atoms with van der Waals surface area (Å²) in [5.41, 5.74) is 0. The summed E-state index contributed by atoms with van der Waals surface area (Å²) in [5.74, 6) is -3.33. The minimum absolute atomic E-state index is 0.0938. The van der Waals surface area contributed by atoms with E-state index in [1.54, 1.807) is 6.92 Å². The lowest BCUT2D eigenvalue weighted by Gasteiger charge is -2.37. The smallest absolute Gasteiger partial charge is 0.301 e. The highest BCUT2D eigenvalue weighted by atomic mass is 19.3. The fourth-order valence-corrected chi connectivity index (χ4v) is 1.28. The molecule has 72 valence electrons. The van der Waals surface area contributed by atoms with Crippen molar-refractivity contribution in [3.63, 3.8) is 0 Å². The molecule has 2 N–H and O–H groups in total. The van der Waals surface area contributed by atoms with Crippen LogP contribution in [0.4, 0.5) is 8.78 Å². The minimum Gasteiger partial charge on any atom is -0.393 e. The van der Waals surface area contributed by atoms with Gasteiger partial charge in [-0.25, -0.2) is 8.78 Å². The van der Waals surface area contributed by atoms with E-state index in [-0.39, 0.29) is 6.42 Å². The van der Waals surface area contributed by atoms with Gasteiger partial charge in [0.15, 0.2) is 0 Å². The van der Waals surface area contributed by atoms with Gasteiger partial charge < -0.3 is 14.9 Å². The Hall–Kier alpha value is -0.260. The molecule has 0 spiro atoms. The van der Waals surface area contributed by atoms with Crippen LogP contribution in [0.15, 0.2) is 0 Å². The van der Waals surface area contributed by atoms with Crippen molar-refractivity contribution >= 4 is 0 Å². The van der Waals surface area contributed by atoms with Crippen molar-refractivity contribution < 1.29 is 23.7 Å². The SMILES string of the molecule is C[C@H]1CC(O)C(F)(F)C(CO)O1. The number of hydrogen-bond acceptors (Lipinski definition) is 3. The first-order chi connectivity index (χ1) is 5.48. The van der Waals surface area contributed by atoms with E-state index in [4.69, 9.17) is 14.9 Å². The third-order valence-electron chi connectivity index (χ3n) is 1.99. The molecule has 1 aliphatic heterocycles. The maximum Gasteiger partial charge on any atom is 0.301 e. The molecule has 0 aromatic carbocycles. The molecule has 1 heterocycles. The number of ether oxygens (including phenoxy) is 1. The maximum atomic E-state index is 12.9. The number of halogens is 2. The molecule has 1 fully saturated rings. The molecule has 0 amide bonds. The molecule has 2 unspecified atom stereocenters. The maximum absolute atomic E-state index is 12.9. The Morgan fingerprint density at radius 2 is 2.17 bits per heavy atom. The van der Waals surface area contributed by atoms with Gasteiger partial charge in [-0.1, -0.05) is 0 Å². The number of aliphatic hydroxyl groups is 2. The zero-order valence-corrected chi connectivity index (χ0v) is 6.70. The second-order valence-electron chi connectivity index (χ2n) is 3.04. The standard InChI is InChI=1S/C7H12F2O3/c1-4-2-5(11)7(8,9)6(3-10)12-4/h4-6,10-11H,2-3H2,1H3/t4-,5?,6?/m0/s1. The number of rotatable bonds is 1. The van der Waals surface area contributed by atoms with E-state index in [0.29, 0.717) is 0 Å². The molecule has 0 bridgehead atoms. The highest BCUT2D eigenvalue weighted by Crippen LogP contribution is 2.33. The fourth-order valence-electron chi connectivity index (χ4n) is 1.28. The molecule has 1 rings (SSSR count). The zero-order chi connectivity index (χ0) is 9.35. The van der Waals surface area contributed by atoms with Crippen LogP contribution in [-0.4, -0.2) is 41.1 Å². The number of aliphatic hydroxyl groups excluding tert-OH is 2. The van der Waals surface area contributed by atoms with E-state index in [1.165, 1.54) is 0 Å². The van der Waals surface area contributed by atoms with E-state index in [9.17, 15) is 8.78 Å². The Kier molecular flexibility index (Phi) is 2.65. The van der Waals surface area contributed by atoms with Gasteiger partial charge in [0, 0.05) is 6.42 Å². The van der Waals surface area contributed by atoms with E-state index < -0.39 is 30.8 Å². The monoisotopic (exact) mass is 182 g/mol. The molecule has 5 heteroatoms. The molecule has 12 heavy (non-hydrogen) atoms. The van der Waals surface area contributed by atoms with Crippen molar-refractivity contribution in [3.8, 4) is 0 Å². The Morgan fingerprint density at radius 1 is 1.58 bits per heavy atom. The summed E-state index contributed by atoms with van der Waals surface area (Å²) in [6.45, 7) is 0.815. The average molecular weight is 182 g/mol. The Balaban J connectivity index is 2.71. The van der Waals surface area contributed by atoms with E-state index in [0.717, 1.165) is 0 Å². The molecule has 0 aliphatic carbocycles. The van der Waals surface area contributed by atoms with Crippen molar-refractivity contribution in [3.05, 3.63) is 0 Å². The summed E-state index contributed by atoms with van der Waals surface area (Å²) >= 11 is 0. The van der Waals surface area contributed by atoms with Gasteiger partial charge in [-0.3, -0.25) is 0 Å². The van der Waals surface area contributed by atoms with Crippen LogP contribution < -0.4 is 0 Å². The van der Waals surface area contributed by atoms with Crippen molar-refractivity contribution in [2.45, 2.75) is 37.6 Å². The summed E-state index contributed by atoms with van der Waals surface area (Å²) in [7, 11) is 0. The zero-order valence-electron chi connectivity index (χ0n) is 6.70. The van der Waals surface area contributed by atoms with Crippen molar-refractivity contribution in [1.82, 2.24) is 0 Å². The van der Waals surface area contributed by atoms with Gasteiger partial charge in [0.25, 0.3) is 0 Å². The van der Waals surface area contributed by atoms with Crippen LogP contribution in [0.2, 0.25) is 0 Å². The summed E-state index contributed by atoms with van der Waals surface area (Å²) in [5, 5.41) is 17.5. The second-order valence-corrected chi connectivity index (χ2v) is 3.04. The Labute approximate surface area is 69.0 Å². The Bertz CT molecular complexity index is 163. The van der Waals surface area contributed by atoms with Crippen LogP contribution in [0.3, 0.4) is 0 Å². The largest absolute Gasteiger partial charge is 0.393 e. The molecular formula is C7H12F2O3. The first-order valence-corrected chi connectivity index (χ1v) is 3.80. The van der Waals surface area contributed by atoms with Crippen molar-refractivity contribution in [2.24, 2.45) is 0 Å². The number of alkyl halides is 2. The van der Waals surface area contributed by atoms with Crippen LogP contribution in [0.5, 0.6) is 0 Å². The number of hydrogen-bond donors (Lipinski definition) is 2. The molecular weight excluding hydrogens is 170 g/mol. The van der Waals surface area contributed by atoms with Crippen LogP contribution in [0.1, 0.15) is 13.3 Å². The quantitative estimate of drug-likeness (QED) is 0.607. The van der Waals surface area contributed by atoms with Gasteiger partial charge in [-0.2, -0.15) is 0 Å². The topological polar surface area (TPSA) is 49.7 Å². The van der Waals surface area contributed by atoms with Crippen LogP contribution in [0.25, 0.3) is 0 Å². The molecule has 1 aliphatic rings. The highest BCUT2D eigenvalue weighted by molar-refractivity contribution is 4.90. The summed E-state index contributed by atoms with van der Waals surface area (Å²) in [6.07, 6.45) is -3.81. The summed E-state index contributed by atoms with van der Waals surface area (Å²) < 4.78 is 30.6.